The number of benzene rings is 3. The van der Waals surface area contributed by atoms with E-state index in [1.165, 1.54) is 17.0 Å². The molecule has 13 heteroatoms. The molecule has 2 amide bonds. The van der Waals surface area contributed by atoms with Crippen LogP contribution in [0.1, 0.15) is 27.1 Å². The summed E-state index contributed by atoms with van der Waals surface area (Å²) in [5, 5.41) is 11.6. The van der Waals surface area contributed by atoms with Crippen LogP contribution in [0.25, 0.3) is 22.2 Å². The summed E-state index contributed by atoms with van der Waals surface area (Å²) in [7, 11) is 0. The van der Waals surface area contributed by atoms with E-state index in [-0.39, 0.29) is 61.3 Å². The zero-order valence-corrected chi connectivity index (χ0v) is 27.6. The number of aromatic nitrogens is 1. The molecule has 7 rings (SSSR count). The van der Waals surface area contributed by atoms with Gasteiger partial charge in [-0.2, -0.15) is 0 Å². The summed E-state index contributed by atoms with van der Waals surface area (Å²) >= 11 is 13.3. The fourth-order valence-corrected chi connectivity index (χ4v) is 9.05. The molecule has 1 aliphatic heterocycles. The van der Waals surface area contributed by atoms with Gasteiger partial charge in [0.25, 0.3) is 5.69 Å². The number of hydrogen-bond acceptors (Lipinski definition) is 8. The normalized spacial score (nSPS) is 24.8. The minimum Gasteiger partial charge on any atom is -0.454 e. The number of pyridine rings is 1. The van der Waals surface area contributed by atoms with Crippen molar-refractivity contribution in [2.24, 2.45) is 23.7 Å². The number of hydrogen-bond donors (Lipinski definition) is 0. The third-order valence-electron chi connectivity index (χ3n) is 9.14. The summed E-state index contributed by atoms with van der Waals surface area (Å²) in [6, 6.07) is 19.0. The second kappa shape index (κ2) is 11.7. The summed E-state index contributed by atoms with van der Waals surface area (Å²) in [6.45, 7) is -0.647. The van der Waals surface area contributed by atoms with E-state index in [9.17, 15) is 29.3 Å². The van der Waals surface area contributed by atoms with E-state index in [4.69, 9.17) is 21.3 Å². The Morgan fingerprint density at radius 2 is 1.61 bits per heavy atom. The lowest BCUT2D eigenvalue weighted by molar-refractivity contribution is -0.384. The Labute approximate surface area is 283 Å². The van der Waals surface area contributed by atoms with E-state index in [0.29, 0.717) is 27.8 Å². The molecule has 1 saturated heterocycles. The maximum atomic E-state index is 13.5. The van der Waals surface area contributed by atoms with Gasteiger partial charge in [0.05, 0.1) is 39.2 Å². The number of nitro benzene ring substituents is 1. The predicted octanol–water partition coefficient (Wildman–Crippen LogP) is 6.79. The molecule has 232 valence electrons. The van der Waals surface area contributed by atoms with Crippen molar-refractivity contribution in [3.63, 3.8) is 0 Å². The zero-order chi connectivity index (χ0) is 32.4. The van der Waals surface area contributed by atoms with E-state index in [0.717, 1.165) is 12.5 Å². The number of ether oxygens (including phenoxy) is 1. The molecule has 2 bridgehead atoms. The van der Waals surface area contributed by atoms with E-state index in [1.54, 1.807) is 54.6 Å². The second-order valence-electron chi connectivity index (χ2n) is 11.6. The van der Waals surface area contributed by atoms with Gasteiger partial charge in [-0.1, -0.05) is 73.8 Å². The molecule has 4 aromatic rings. The summed E-state index contributed by atoms with van der Waals surface area (Å²) < 4.78 is 5.35. The van der Waals surface area contributed by atoms with Crippen LogP contribution in [0, 0.1) is 33.8 Å². The molecular formula is C33H22Br2ClN3O7. The lowest BCUT2D eigenvalue weighted by atomic mass is 9.81. The highest BCUT2D eigenvalue weighted by Crippen LogP contribution is 2.60. The van der Waals surface area contributed by atoms with Crippen molar-refractivity contribution in [2.45, 2.75) is 16.1 Å². The number of nitro groups is 1. The van der Waals surface area contributed by atoms with Gasteiger partial charge in [-0.3, -0.25) is 29.4 Å². The van der Waals surface area contributed by atoms with Crippen molar-refractivity contribution in [3.05, 3.63) is 99.1 Å². The van der Waals surface area contributed by atoms with Crippen LogP contribution in [0.4, 0.5) is 11.4 Å². The zero-order valence-electron chi connectivity index (χ0n) is 23.6. The molecule has 2 aliphatic carbocycles. The summed E-state index contributed by atoms with van der Waals surface area (Å²) in [5.74, 6) is -2.19. The van der Waals surface area contributed by atoms with E-state index in [1.807, 2.05) is 0 Å². The number of ketones is 1. The number of para-hydroxylation sites is 1. The maximum Gasteiger partial charge on any atom is 0.339 e. The topological polar surface area (TPSA) is 137 Å². The summed E-state index contributed by atoms with van der Waals surface area (Å²) in [5.41, 5.74) is 1.78. The molecular weight excluding hydrogens is 746 g/mol. The van der Waals surface area contributed by atoms with Gasteiger partial charge in [0.15, 0.2) is 6.61 Å². The van der Waals surface area contributed by atoms with Crippen molar-refractivity contribution in [1.82, 2.24) is 4.98 Å². The van der Waals surface area contributed by atoms with E-state index < -0.39 is 29.0 Å². The predicted molar refractivity (Wildman–Crippen MR) is 176 cm³/mol. The molecule has 2 heterocycles. The average Bonchev–Trinajstić information content (AvgIpc) is 3.67. The number of nitrogens with zero attached hydrogens (tertiary/aromatic N) is 3. The van der Waals surface area contributed by atoms with E-state index >= 15 is 0 Å². The molecule has 0 spiro atoms. The molecule has 6 atom stereocenters. The molecule has 0 N–H and O–H groups in total. The number of anilines is 1. The number of halogens is 3. The van der Waals surface area contributed by atoms with Crippen LogP contribution in [-0.2, 0) is 14.3 Å². The Kier molecular flexibility index (Phi) is 7.77. The Hall–Kier alpha value is -4.00. The smallest absolute Gasteiger partial charge is 0.339 e. The Morgan fingerprint density at radius 3 is 2.26 bits per heavy atom. The molecule has 3 aliphatic rings. The standard InChI is InChI=1S/C33H22Br2ClN3O7/c34-29-20-12-21(30(29)35)28-27(20)31(41)38(32(28)42)17-8-5-15(6-9-17)24-13-19(18-3-1-2-4-23(18)37-24)33(43)46-14-26(40)16-7-10-22(36)25(11-16)39(44)45/h1-11,13,20-21,27-30H,12,14H2. The molecule has 6 unspecified atom stereocenters. The summed E-state index contributed by atoms with van der Waals surface area (Å²) in [6.07, 6.45) is 0.849. The molecule has 10 nitrogen and oxygen atoms in total. The van der Waals surface area contributed by atoms with Gasteiger partial charge in [-0.15, -0.1) is 0 Å². The van der Waals surface area contributed by atoms with Gasteiger partial charge in [0, 0.05) is 32.2 Å². The molecule has 0 radical (unpaired) electrons. The Bertz CT molecular complexity index is 1960. The monoisotopic (exact) mass is 765 g/mol. The average molecular weight is 768 g/mol. The number of carbonyl (C=O) groups is 4. The number of imide groups is 1. The molecule has 2 saturated carbocycles. The van der Waals surface area contributed by atoms with Crippen molar-refractivity contribution in [2.75, 3.05) is 11.5 Å². The van der Waals surface area contributed by atoms with Gasteiger partial charge >= 0.3 is 5.97 Å². The van der Waals surface area contributed by atoms with Gasteiger partial charge in [0.2, 0.25) is 17.6 Å². The van der Waals surface area contributed by atoms with Crippen molar-refractivity contribution in [1.29, 1.82) is 0 Å². The van der Waals surface area contributed by atoms with Crippen LogP contribution in [0.3, 0.4) is 0 Å². The van der Waals surface area contributed by atoms with Crippen LogP contribution in [0.15, 0.2) is 72.8 Å². The third kappa shape index (κ3) is 4.94. The first-order chi connectivity index (χ1) is 22.0. The first kappa shape index (κ1) is 30.6. The van der Waals surface area contributed by atoms with Crippen molar-refractivity contribution in [3.8, 4) is 11.3 Å². The van der Waals surface area contributed by atoms with Crippen molar-refractivity contribution >= 4 is 89.3 Å². The fraction of sp³-hybridized carbons (Fsp3) is 0.242. The highest BCUT2D eigenvalue weighted by molar-refractivity contribution is 9.12. The van der Waals surface area contributed by atoms with Gasteiger partial charge in [-0.25, -0.2) is 9.78 Å². The van der Waals surface area contributed by atoms with E-state index in [2.05, 4.69) is 31.9 Å². The number of amides is 2. The van der Waals surface area contributed by atoms with Crippen LogP contribution in [-0.4, -0.2) is 49.7 Å². The molecule has 3 fully saturated rings. The van der Waals surface area contributed by atoms with Gasteiger partial charge < -0.3 is 4.74 Å². The number of Topliss-reactive ketones (excluding diaryl/α,β-unsaturated/α-hetero) is 1. The molecule has 46 heavy (non-hydrogen) atoms. The lowest BCUT2D eigenvalue weighted by Gasteiger charge is -2.28. The highest BCUT2D eigenvalue weighted by Gasteiger charge is 2.66. The Morgan fingerprint density at radius 1 is 0.957 bits per heavy atom. The number of carbonyl (C=O) groups excluding carboxylic acids is 4. The lowest BCUT2D eigenvalue weighted by Crippen LogP contribution is -2.37. The number of rotatable bonds is 7. The Balaban J connectivity index is 1.13. The van der Waals surface area contributed by atoms with Crippen LogP contribution >= 0.6 is 43.5 Å². The van der Waals surface area contributed by atoms with Gasteiger partial charge in [0.1, 0.15) is 5.02 Å². The number of fused-ring (bicyclic) bond motifs is 6. The number of esters is 1. The first-order valence-corrected chi connectivity index (χ1v) is 16.6. The largest absolute Gasteiger partial charge is 0.454 e. The quantitative estimate of drug-likeness (QED) is 0.0501. The second-order valence-corrected chi connectivity index (χ2v) is 14.1. The number of alkyl halides is 2. The maximum absolute atomic E-state index is 13.5. The van der Waals surface area contributed by atoms with Crippen LogP contribution in [0.2, 0.25) is 5.02 Å². The van der Waals surface area contributed by atoms with Crippen molar-refractivity contribution < 1.29 is 28.8 Å². The first-order valence-electron chi connectivity index (χ1n) is 14.4. The minimum atomic E-state index is -0.780. The van der Waals surface area contributed by atoms with Gasteiger partial charge in [-0.05, 0) is 54.7 Å². The highest BCUT2D eigenvalue weighted by atomic mass is 79.9. The molecule has 1 aromatic heterocycles. The third-order valence-corrected chi connectivity index (χ3v) is 12.7. The fourth-order valence-electron chi connectivity index (χ4n) is 6.99. The SMILES string of the molecule is O=C(COC(=O)c1cc(-c2ccc(N3C(=O)C4C5CC(C(Br)C5Br)C4C3=O)cc2)nc2ccccc12)c1ccc(Cl)c([N+](=O)[O-])c1. The van der Waals surface area contributed by atoms with Crippen LogP contribution < -0.4 is 4.90 Å². The van der Waals surface area contributed by atoms with Crippen LogP contribution in [0.5, 0.6) is 0 Å². The summed E-state index contributed by atoms with van der Waals surface area (Å²) in [4.78, 5) is 69.8. The molecule has 3 aromatic carbocycles. The minimum absolute atomic E-state index is 0.0189.